The minimum absolute atomic E-state index is 0.272. The Morgan fingerprint density at radius 2 is 1.20 bits per heavy atom. The highest BCUT2D eigenvalue weighted by atomic mass is 32.2. The van der Waals surface area contributed by atoms with Crippen molar-refractivity contribution in [3.05, 3.63) is 121 Å². The number of hydrogen-bond acceptors (Lipinski definition) is 1. The van der Waals surface area contributed by atoms with Gasteiger partial charge in [0.25, 0.3) is 0 Å². The molecule has 4 aromatic rings. The van der Waals surface area contributed by atoms with E-state index in [0.29, 0.717) is 0 Å². The molecule has 0 aromatic heterocycles. The van der Waals surface area contributed by atoms with Crippen molar-refractivity contribution in [3.8, 4) is 0 Å². The molecule has 0 unspecified atom stereocenters. The lowest BCUT2D eigenvalue weighted by Gasteiger charge is -2.12. The topological polar surface area (TPSA) is 0 Å². The maximum absolute atomic E-state index is 13.6. The van der Waals surface area contributed by atoms with E-state index in [2.05, 4.69) is 30.8 Å². The standard InChI is InChI=1S/C26H19F2S2/c1-2-19-7-13-22(14-8-19)29-25-5-3-4-6-26(25)30(23-15-9-20(27)10-16-23)24-17-11-21(28)12-18-24/h2-18H,1H2/q+1. The van der Waals surface area contributed by atoms with E-state index in [1.165, 1.54) is 24.3 Å². The second-order valence-electron chi connectivity index (χ2n) is 6.54. The van der Waals surface area contributed by atoms with Crippen molar-refractivity contribution in [1.82, 2.24) is 0 Å². The molecular formula is C26H19F2S2+. The summed E-state index contributed by atoms with van der Waals surface area (Å²) in [6.07, 6.45) is 1.82. The molecule has 0 amide bonds. The maximum Gasteiger partial charge on any atom is 0.180 e. The quantitative estimate of drug-likeness (QED) is 0.279. The van der Waals surface area contributed by atoms with E-state index in [1.807, 2.05) is 54.6 Å². The Labute approximate surface area is 182 Å². The minimum atomic E-state index is -0.493. The Morgan fingerprint density at radius 3 is 1.73 bits per heavy atom. The van der Waals surface area contributed by atoms with Gasteiger partial charge in [-0.3, -0.25) is 0 Å². The molecule has 0 saturated carbocycles. The molecule has 0 radical (unpaired) electrons. The molecule has 4 rings (SSSR count). The molecule has 0 saturated heterocycles. The van der Waals surface area contributed by atoms with Gasteiger partial charge in [-0.05, 0) is 78.4 Å². The normalized spacial score (nSPS) is 10.9. The summed E-state index contributed by atoms with van der Waals surface area (Å²) < 4.78 is 27.2. The van der Waals surface area contributed by atoms with Crippen molar-refractivity contribution < 1.29 is 8.78 Å². The van der Waals surface area contributed by atoms with Gasteiger partial charge in [0.2, 0.25) is 0 Å². The van der Waals surface area contributed by atoms with Gasteiger partial charge in [0, 0.05) is 4.90 Å². The summed E-state index contributed by atoms with van der Waals surface area (Å²) in [5.41, 5.74) is 1.07. The van der Waals surface area contributed by atoms with Gasteiger partial charge in [-0.1, -0.05) is 48.7 Å². The Hall–Kier alpha value is -2.82. The van der Waals surface area contributed by atoms with Crippen molar-refractivity contribution in [1.29, 1.82) is 0 Å². The van der Waals surface area contributed by atoms with Gasteiger partial charge in [-0.25, -0.2) is 8.78 Å². The fourth-order valence-electron chi connectivity index (χ4n) is 3.03. The number of benzene rings is 4. The molecule has 4 aromatic carbocycles. The number of hydrogen-bond donors (Lipinski definition) is 0. The average Bonchev–Trinajstić information content (AvgIpc) is 2.78. The van der Waals surface area contributed by atoms with Crippen LogP contribution in [0.4, 0.5) is 8.78 Å². The molecule has 0 bridgehead atoms. The van der Waals surface area contributed by atoms with E-state index >= 15 is 0 Å². The molecular weight excluding hydrogens is 414 g/mol. The molecule has 0 aliphatic rings. The summed E-state index contributed by atoms with van der Waals surface area (Å²) in [6, 6.07) is 29.6. The predicted molar refractivity (Wildman–Crippen MR) is 122 cm³/mol. The van der Waals surface area contributed by atoms with Crippen molar-refractivity contribution >= 4 is 28.7 Å². The molecule has 0 nitrogen and oxygen atoms in total. The fourth-order valence-corrected chi connectivity index (χ4v) is 6.33. The molecule has 0 aliphatic heterocycles. The zero-order chi connectivity index (χ0) is 20.9. The summed E-state index contributed by atoms with van der Waals surface area (Å²) in [5, 5.41) is 0. The fraction of sp³-hybridized carbons (Fsp3) is 0. The van der Waals surface area contributed by atoms with E-state index in [0.717, 1.165) is 30.0 Å². The van der Waals surface area contributed by atoms with Gasteiger partial charge in [0.1, 0.15) is 22.5 Å². The van der Waals surface area contributed by atoms with Gasteiger partial charge in [-0.2, -0.15) is 0 Å². The van der Waals surface area contributed by atoms with Gasteiger partial charge in [0.15, 0.2) is 14.7 Å². The van der Waals surface area contributed by atoms with Crippen LogP contribution in [0.25, 0.3) is 6.08 Å². The summed E-state index contributed by atoms with van der Waals surface area (Å²) >= 11 is 1.68. The van der Waals surface area contributed by atoms with Crippen LogP contribution in [0.1, 0.15) is 5.56 Å². The zero-order valence-corrected chi connectivity index (χ0v) is 17.7. The first-order valence-corrected chi connectivity index (χ1v) is 11.4. The molecule has 0 aliphatic carbocycles. The number of halogens is 2. The third-order valence-corrected chi connectivity index (χ3v) is 8.01. The molecule has 0 spiro atoms. The highest BCUT2D eigenvalue weighted by Gasteiger charge is 2.31. The molecule has 148 valence electrons. The Balaban J connectivity index is 1.79. The first-order chi connectivity index (χ1) is 14.6. The Morgan fingerprint density at radius 1 is 0.667 bits per heavy atom. The van der Waals surface area contributed by atoms with E-state index in [-0.39, 0.29) is 11.6 Å². The van der Waals surface area contributed by atoms with E-state index < -0.39 is 10.9 Å². The SMILES string of the molecule is C=Cc1ccc(Sc2ccccc2[S+](c2ccc(F)cc2)c2ccc(F)cc2)cc1. The Kier molecular flexibility index (Phi) is 6.36. The third-order valence-electron chi connectivity index (χ3n) is 4.51. The first-order valence-electron chi connectivity index (χ1n) is 9.39. The lowest BCUT2D eigenvalue weighted by Crippen LogP contribution is -2.06. The molecule has 0 fully saturated rings. The lowest BCUT2D eigenvalue weighted by atomic mass is 10.2. The summed E-state index contributed by atoms with van der Waals surface area (Å²) in [6.45, 7) is 3.80. The van der Waals surface area contributed by atoms with E-state index in [9.17, 15) is 8.78 Å². The summed E-state index contributed by atoms with van der Waals surface area (Å²) in [4.78, 5) is 5.32. The van der Waals surface area contributed by atoms with Crippen LogP contribution in [-0.2, 0) is 10.9 Å². The van der Waals surface area contributed by atoms with Crippen LogP contribution in [0.15, 0.2) is 128 Å². The third kappa shape index (κ3) is 4.66. The second-order valence-corrected chi connectivity index (χ2v) is 9.65. The largest absolute Gasteiger partial charge is 0.207 e. The molecule has 0 atom stereocenters. The highest BCUT2D eigenvalue weighted by Crippen LogP contribution is 2.39. The average molecular weight is 434 g/mol. The summed E-state index contributed by atoms with van der Waals surface area (Å²) in [7, 11) is -0.493. The van der Waals surface area contributed by atoms with Gasteiger partial charge in [0.05, 0.1) is 4.90 Å². The van der Waals surface area contributed by atoms with Crippen LogP contribution < -0.4 is 0 Å². The zero-order valence-electron chi connectivity index (χ0n) is 16.1. The minimum Gasteiger partial charge on any atom is -0.207 e. The summed E-state index contributed by atoms with van der Waals surface area (Å²) in [5.74, 6) is -0.544. The first kappa shape index (κ1) is 20.5. The molecule has 4 heteroatoms. The van der Waals surface area contributed by atoms with E-state index in [1.54, 1.807) is 11.8 Å². The van der Waals surface area contributed by atoms with Crippen molar-refractivity contribution in [2.24, 2.45) is 0 Å². The smallest absolute Gasteiger partial charge is 0.180 e. The van der Waals surface area contributed by atoms with Gasteiger partial charge in [-0.15, -0.1) is 0 Å². The highest BCUT2D eigenvalue weighted by molar-refractivity contribution is 8.01. The van der Waals surface area contributed by atoms with Crippen LogP contribution in [0.3, 0.4) is 0 Å². The maximum atomic E-state index is 13.6. The van der Waals surface area contributed by atoms with Crippen molar-refractivity contribution in [2.75, 3.05) is 0 Å². The number of rotatable bonds is 6. The van der Waals surface area contributed by atoms with Crippen LogP contribution in [0.2, 0.25) is 0 Å². The molecule has 0 N–H and O–H groups in total. The van der Waals surface area contributed by atoms with Gasteiger partial charge < -0.3 is 0 Å². The molecule has 0 heterocycles. The van der Waals surface area contributed by atoms with E-state index in [4.69, 9.17) is 0 Å². The monoisotopic (exact) mass is 433 g/mol. The van der Waals surface area contributed by atoms with Crippen molar-refractivity contribution in [3.63, 3.8) is 0 Å². The van der Waals surface area contributed by atoms with Crippen LogP contribution in [0, 0.1) is 11.6 Å². The van der Waals surface area contributed by atoms with Crippen LogP contribution in [-0.4, -0.2) is 0 Å². The Bertz CT molecular complexity index is 1090. The lowest BCUT2D eigenvalue weighted by molar-refractivity contribution is 0.626. The van der Waals surface area contributed by atoms with Gasteiger partial charge >= 0.3 is 0 Å². The van der Waals surface area contributed by atoms with Crippen LogP contribution >= 0.6 is 11.8 Å². The van der Waals surface area contributed by atoms with Crippen molar-refractivity contribution in [2.45, 2.75) is 24.5 Å². The second kappa shape index (κ2) is 9.33. The van der Waals surface area contributed by atoms with Crippen LogP contribution in [0.5, 0.6) is 0 Å². The molecule has 30 heavy (non-hydrogen) atoms. The predicted octanol–water partition coefficient (Wildman–Crippen LogP) is 7.85.